The fraction of sp³-hybridized carbons (Fsp3) is 0.278. The Balaban J connectivity index is 1.67. The number of thiocarbonyl (C=S) groups is 1. The second-order valence-electron chi connectivity index (χ2n) is 5.72. The van der Waals surface area contributed by atoms with Crippen molar-refractivity contribution in [1.82, 2.24) is 10.6 Å². The van der Waals surface area contributed by atoms with Crippen molar-refractivity contribution in [3.8, 4) is 5.75 Å². The van der Waals surface area contributed by atoms with Crippen LogP contribution in [0.3, 0.4) is 0 Å². The van der Waals surface area contributed by atoms with E-state index in [4.69, 9.17) is 22.1 Å². The summed E-state index contributed by atoms with van der Waals surface area (Å²) in [6.07, 6.45) is 1.59. The van der Waals surface area contributed by atoms with Gasteiger partial charge in [-0.25, -0.2) is 13.6 Å². The number of nitrogens with two attached hydrogens (primary N) is 1. The second-order valence-corrected chi connectivity index (χ2v) is 7.69. The molecule has 0 aliphatic rings. The maximum Gasteiger partial charge on any atom is 0.238 e. The number of primary sulfonamides is 1. The highest BCUT2D eigenvalue weighted by Crippen LogP contribution is 2.11. The molecule has 0 saturated heterocycles. The summed E-state index contributed by atoms with van der Waals surface area (Å²) in [5.74, 6) is 0.844. The van der Waals surface area contributed by atoms with Crippen LogP contribution in [0.25, 0.3) is 0 Å². The number of benzene rings is 2. The Hall–Kier alpha value is -2.16. The molecule has 0 atom stereocenters. The van der Waals surface area contributed by atoms with E-state index in [2.05, 4.69) is 10.6 Å². The van der Waals surface area contributed by atoms with Crippen LogP contribution in [-0.2, 0) is 22.9 Å². The van der Waals surface area contributed by atoms with Crippen molar-refractivity contribution >= 4 is 27.4 Å². The number of sulfonamides is 1. The van der Waals surface area contributed by atoms with Gasteiger partial charge in [-0.2, -0.15) is 0 Å². The van der Waals surface area contributed by atoms with E-state index in [-0.39, 0.29) is 4.90 Å². The summed E-state index contributed by atoms with van der Waals surface area (Å²) in [5, 5.41) is 12.0. The molecule has 0 aromatic heterocycles. The standard InChI is InChI=1S/C18H23N3O3S2/c1-24-16-6-2-14(3-7-16)10-12-20-18(25)21-13-11-15-4-8-17(9-5-15)26(19,22)23/h2-9H,10-13H2,1H3,(H2,19,22,23)(H2,20,21,25). The molecule has 0 unspecified atom stereocenters. The third-order valence-corrected chi connectivity index (χ3v) is 5.03. The summed E-state index contributed by atoms with van der Waals surface area (Å²) >= 11 is 5.26. The van der Waals surface area contributed by atoms with Crippen LogP contribution >= 0.6 is 12.2 Å². The van der Waals surface area contributed by atoms with Crippen molar-refractivity contribution in [3.05, 3.63) is 59.7 Å². The molecule has 0 aliphatic carbocycles. The Morgan fingerprint density at radius 1 is 0.962 bits per heavy atom. The van der Waals surface area contributed by atoms with Gasteiger partial charge in [0.15, 0.2) is 5.11 Å². The van der Waals surface area contributed by atoms with Crippen molar-refractivity contribution in [2.75, 3.05) is 20.2 Å². The van der Waals surface area contributed by atoms with Crippen molar-refractivity contribution in [2.45, 2.75) is 17.7 Å². The molecule has 0 spiro atoms. The maximum absolute atomic E-state index is 11.2. The SMILES string of the molecule is COc1ccc(CCNC(=S)NCCc2ccc(S(N)(=O)=O)cc2)cc1. The quantitative estimate of drug-likeness (QED) is 0.590. The third-order valence-electron chi connectivity index (χ3n) is 3.81. The molecule has 6 nitrogen and oxygen atoms in total. The highest BCUT2D eigenvalue weighted by atomic mass is 32.2. The van der Waals surface area contributed by atoms with E-state index >= 15 is 0 Å². The van der Waals surface area contributed by atoms with Gasteiger partial charge in [-0.05, 0) is 60.5 Å². The Bertz CT molecular complexity index is 820. The fourth-order valence-corrected chi connectivity index (χ4v) is 3.06. The molecule has 0 bridgehead atoms. The summed E-state index contributed by atoms with van der Waals surface area (Å²) in [4.78, 5) is 0.116. The molecule has 2 aromatic carbocycles. The van der Waals surface area contributed by atoms with Gasteiger partial charge in [-0.3, -0.25) is 0 Å². The van der Waals surface area contributed by atoms with Crippen LogP contribution in [0.4, 0.5) is 0 Å². The van der Waals surface area contributed by atoms with Crippen molar-refractivity contribution in [1.29, 1.82) is 0 Å². The van der Waals surface area contributed by atoms with Gasteiger partial charge in [0.05, 0.1) is 12.0 Å². The Labute approximate surface area is 159 Å². The highest BCUT2D eigenvalue weighted by molar-refractivity contribution is 7.89. The van der Waals surface area contributed by atoms with Gasteiger partial charge in [-0.15, -0.1) is 0 Å². The summed E-state index contributed by atoms with van der Waals surface area (Å²) in [6, 6.07) is 14.5. The zero-order valence-corrected chi connectivity index (χ0v) is 16.2. The van der Waals surface area contributed by atoms with Gasteiger partial charge in [-0.1, -0.05) is 24.3 Å². The molecule has 2 aromatic rings. The Morgan fingerprint density at radius 2 is 1.42 bits per heavy atom. The average molecular weight is 394 g/mol. The summed E-state index contributed by atoms with van der Waals surface area (Å²) in [5.41, 5.74) is 2.21. The zero-order valence-electron chi connectivity index (χ0n) is 14.6. The lowest BCUT2D eigenvalue weighted by Crippen LogP contribution is -2.37. The number of hydrogen-bond acceptors (Lipinski definition) is 4. The van der Waals surface area contributed by atoms with Crippen molar-refractivity contribution < 1.29 is 13.2 Å². The largest absolute Gasteiger partial charge is 0.497 e. The minimum absolute atomic E-state index is 0.116. The average Bonchev–Trinajstić information content (AvgIpc) is 2.62. The van der Waals surface area contributed by atoms with E-state index in [1.807, 2.05) is 24.3 Å². The van der Waals surface area contributed by atoms with E-state index in [0.29, 0.717) is 11.7 Å². The molecule has 8 heteroatoms. The fourth-order valence-electron chi connectivity index (χ4n) is 2.34. The minimum Gasteiger partial charge on any atom is -0.497 e. The maximum atomic E-state index is 11.2. The van der Waals surface area contributed by atoms with Gasteiger partial charge in [0.2, 0.25) is 10.0 Å². The van der Waals surface area contributed by atoms with Gasteiger partial charge < -0.3 is 15.4 Å². The predicted molar refractivity (Wildman–Crippen MR) is 107 cm³/mol. The smallest absolute Gasteiger partial charge is 0.238 e. The van der Waals surface area contributed by atoms with Crippen LogP contribution in [0.5, 0.6) is 5.75 Å². The second kappa shape index (κ2) is 9.51. The molecule has 0 radical (unpaired) electrons. The first-order valence-electron chi connectivity index (χ1n) is 8.15. The number of hydrogen-bond donors (Lipinski definition) is 3. The molecule has 140 valence electrons. The molecular formula is C18H23N3O3S2. The number of rotatable bonds is 8. The van der Waals surface area contributed by atoms with Crippen LogP contribution < -0.4 is 20.5 Å². The van der Waals surface area contributed by atoms with E-state index in [0.717, 1.165) is 30.7 Å². The topological polar surface area (TPSA) is 93.4 Å². The molecule has 4 N–H and O–H groups in total. The van der Waals surface area contributed by atoms with Crippen LogP contribution in [0.15, 0.2) is 53.4 Å². The van der Waals surface area contributed by atoms with Crippen molar-refractivity contribution in [3.63, 3.8) is 0 Å². The number of methoxy groups -OCH3 is 1. The summed E-state index contributed by atoms with van der Waals surface area (Å²) < 4.78 is 27.6. The molecule has 0 amide bonds. The zero-order chi connectivity index (χ0) is 19.0. The van der Waals surface area contributed by atoms with Crippen LogP contribution in [0.1, 0.15) is 11.1 Å². The first-order chi connectivity index (χ1) is 12.4. The van der Waals surface area contributed by atoms with Gasteiger partial charge in [0.1, 0.15) is 5.75 Å². The van der Waals surface area contributed by atoms with Crippen LogP contribution in [0.2, 0.25) is 0 Å². The van der Waals surface area contributed by atoms with E-state index < -0.39 is 10.0 Å². The Kier molecular flexibility index (Phi) is 7.38. The predicted octanol–water partition coefficient (Wildman–Crippen LogP) is 1.59. The van der Waals surface area contributed by atoms with Crippen LogP contribution in [0, 0.1) is 0 Å². The van der Waals surface area contributed by atoms with Crippen molar-refractivity contribution in [2.24, 2.45) is 5.14 Å². The lowest BCUT2D eigenvalue weighted by atomic mass is 10.1. The van der Waals surface area contributed by atoms with Gasteiger partial charge in [0.25, 0.3) is 0 Å². The molecule has 0 fully saturated rings. The van der Waals surface area contributed by atoms with E-state index in [1.54, 1.807) is 19.2 Å². The minimum atomic E-state index is -3.64. The number of ether oxygens (including phenoxy) is 1. The molecule has 0 aliphatic heterocycles. The molecule has 26 heavy (non-hydrogen) atoms. The van der Waals surface area contributed by atoms with Gasteiger partial charge >= 0.3 is 0 Å². The Morgan fingerprint density at radius 3 is 1.85 bits per heavy atom. The lowest BCUT2D eigenvalue weighted by molar-refractivity contribution is 0.414. The third kappa shape index (κ3) is 6.62. The normalized spacial score (nSPS) is 11.0. The molecule has 0 saturated carbocycles. The molecule has 0 heterocycles. The van der Waals surface area contributed by atoms with Crippen LogP contribution in [-0.4, -0.2) is 33.7 Å². The molecular weight excluding hydrogens is 370 g/mol. The summed E-state index contributed by atoms with van der Waals surface area (Å²) in [6.45, 7) is 1.39. The van der Waals surface area contributed by atoms with E-state index in [9.17, 15) is 8.42 Å². The summed E-state index contributed by atoms with van der Waals surface area (Å²) in [7, 11) is -2.00. The monoisotopic (exact) mass is 393 g/mol. The number of nitrogens with one attached hydrogen (secondary N) is 2. The first kappa shape index (κ1) is 20.2. The lowest BCUT2D eigenvalue weighted by Gasteiger charge is -2.11. The molecule has 2 rings (SSSR count). The highest BCUT2D eigenvalue weighted by Gasteiger charge is 2.06. The van der Waals surface area contributed by atoms with E-state index in [1.165, 1.54) is 17.7 Å². The van der Waals surface area contributed by atoms with Gasteiger partial charge in [0, 0.05) is 13.1 Å². The first-order valence-corrected chi connectivity index (χ1v) is 10.1.